The Bertz CT molecular complexity index is 1520. The maximum Gasteiger partial charge on any atom is 0.416 e. The second-order valence-corrected chi connectivity index (χ2v) is 11.1. The van der Waals surface area contributed by atoms with E-state index in [4.69, 9.17) is 4.74 Å². The van der Waals surface area contributed by atoms with Crippen molar-refractivity contribution in [3.63, 3.8) is 0 Å². The number of ether oxygens (including phenoxy) is 1. The van der Waals surface area contributed by atoms with Gasteiger partial charge in [-0.1, -0.05) is 56.3 Å². The third-order valence-electron chi connectivity index (χ3n) is 7.55. The Hall–Kier alpha value is -4.31. The van der Waals surface area contributed by atoms with E-state index in [-0.39, 0.29) is 25.5 Å². The molecule has 0 bridgehead atoms. The molecule has 0 radical (unpaired) electrons. The van der Waals surface area contributed by atoms with E-state index in [2.05, 4.69) is 24.1 Å². The largest absolute Gasteiger partial charge is 0.416 e. The zero-order chi connectivity index (χ0) is 31.7. The molecule has 4 aromatic rings. The summed E-state index contributed by atoms with van der Waals surface area (Å²) < 4.78 is 44.6. The van der Waals surface area contributed by atoms with Crippen LogP contribution in [-0.2, 0) is 28.7 Å². The highest BCUT2D eigenvalue weighted by Gasteiger charge is 2.30. The summed E-state index contributed by atoms with van der Waals surface area (Å²) in [7, 11) is 1.57. The van der Waals surface area contributed by atoms with Crippen molar-refractivity contribution in [1.29, 1.82) is 0 Å². The first kappa shape index (κ1) is 32.6. The van der Waals surface area contributed by atoms with Crippen molar-refractivity contribution in [2.75, 3.05) is 38.7 Å². The Kier molecular flexibility index (Phi) is 11.1. The van der Waals surface area contributed by atoms with E-state index in [9.17, 15) is 22.8 Å². The van der Waals surface area contributed by atoms with Crippen LogP contribution in [0.4, 0.5) is 23.7 Å². The van der Waals surface area contributed by atoms with Gasteiger partial charge >= 0.3 is 12.2 Å². The number of carbonyl (C=O) groups is 2. The van der Waals surface area contributed by atoms with E-state index < -0.39 is 17.8 Å². The SMILES string of the molecule is COCCCN(CC(=O)N(CCc1c[nH]c2ccccc12)Cc1ccc(C(F)(F)F)cc1)C(=O)Nc1ccc(C(C)C)cc1. The monoisotopic (exact) mass is 608 g/mol. The van der Waals surface area contributed by atoms with Gasteiger partial charge < -0.3 is 24.8 Å². The predicted molar refractivity (Wildman–Crippen MR) is 166 cm³/mol. The van der Waals surface area contributed by atoms with Gasteiger partial charge in [-0.3, -0.25) is 4.79 Å². The first-order chi connectivity index (χ1) is 21.0. The summed E-state index contributed by atoms with van der Waals surface area (Å²) in [6.45, 7) is 5.09. The van der Waals surface area contributed by atoms with Crippen molar-refractivity contribution in [1.82, 2.24) is 14.8 Å². The standard InChI is InChI=1S/C34H39F3N4O3/c1-24(2)26-11-15-29(16-12-26)39-33(43)41(18-6-20-44-3)23-32(42)40(22-25-9-13-28(14-10-25)34(35,36)37)19-17-27-21-38-31-8-5-4-7-30(27)31/h4-5,7-16,21,24,38H,6,17-20,22-23H2,1-3H3,(H,39,43). The molecule has 4 rings (SSSR count). The molecule has 2 N–H and O–H groups in total. The number of rotatable bonds is 13. The molecular formula is C34H39F3N4O3. The molecule has 0 saturated carbocycles. The van der Waals surface area contributed by atoms with E-state index in [1.807, 2.05) is 54.7 Å². The van der Waals surface area contributed by atoms with Crippen molar-refractivity contribution in [3.05, 3.63) is 101 Å². The number of carbonyl (C=O) groups excluding carboxylic acids is 2. The highest BCUT2D eigenvalue weighted by atomic mass is 19.4. The maximum absolute atomic E-state index is 13.8. The Balaban J connectivity index is 1.52. The van der Waals surface area contributed by atoms with Crippen LogP contribution in [0.3, 0.4) is 0 Å². The van der Waals surface area contributed by atoms with Gasteiger partial charge in [0.25, 0.3) is 0 Å². The molecule has 10 heteroatoms. The molecule has 1 aromatic heterocycles. The summed E-state index contributed by atoms with van der Waals surface area (Å²) >= 11 is 0. The van der Waals surface area contributed by atoms with Gasteiger partial charge in [-0.2, -0.15) is 13.2 Å². The lowest BCUT2D eigenvalue weighted by atomic mass is 10.0. The zero-order valence-corrected chi connectivity index (χ0v) is 25.3. The third kappa shape index (κ3) is 8.86. The van der Waals surface area contributed by atoms with E-state index in [0.717, 1.165) is 34.2 Å². The quantitative estimate of drug-likeness (QED) is 0.155. The number of alkyl halides is 3. The molecule has 0 atom stereocenters. The van der Waals surface area contributed by atoms with Gasteiger partial charge in [0.1, 0.15) is 6.54 Å². The predicted octanol–water partition coefficient (Wildman–Crippen LogP) is 7.45. The van der Waals surface area contributed by atoms with Crippen LogP contribution in [0.25, 0.3) is 10.9 Å². The van der Waals surface area contributed by atoms with Crippen LogP contribution in [0.1, 0.15) is 48.4 Å². The van der Waals surface area contributed by atoms with Crippen molar-refractivity contribution in [3.8, 4) is 0 Å². The van der Waals surface area contributed by atoms with Gasteiger partial charge in [0.05, 0.1) is 5.56 Å². The number of fused-ring (bicyclic) bond motifs is 1. The summed E-state index contributed by atoms with van der Waals surface area (Å²) in [6.07, 6.45) is -1.50. The first-order valence-corrected chi connectivity index (χ1v) is 14.7. The fourth-order valence-electron chi connectivity index (χ4n) is 4.97. The van der Waals surface area contributed by atoms with Crippen LogP contribution in [0.15, 0.2) is 79.0 Å². The van der Waals surface area contributed by atoms with Crippen LogP contribution in [0.5, 0.6) is 0 Å². The summed E-state index contributed by atoms with van der Waals surface area (Å²) in [5, 5.41) is 3.93. The lowest BCUT2D eigenvalue weighted by molar-refractivity contribution is -0.137. The number of halogens is 3. The fourth-order valence-corrected chi connectivity index (χ4v) is 4.97. The number of H-pyrrole nitrogens is 1. The number of aromatic amines is 1. The summed E-state index contributed by atoms with van der Waals surface area (Å²) in [5.74, 6) is 0.0373. The normalized spacial score (nSPS) is 11.6. The van der Waals surface area contributed by atoms with Crippen LogP contribution >= 0.6 is 0 Å². The molecule has 3 amide bonds. The molecule has 0 unspecified atom stereocenters. The van der Waals surface area contributed by atoms with Crippen LogP contribution in [0, 0.1) is 0 Å². The van der Waals surface area contributed by atoms with Crippen molar-refractivity contribution in [2.24, 2.45) is 0 Å². The second kappa shape index (κ2) is 14.9. The average molecular weight is 609 g/mol. The minimum absolute atomic E-state index is 0.101. The number of hydrogen-bond acceptors (Lipinski definition) is 3. The number of nitrogens with one attached hydrogen (secondary N) is 2. The summed E-state index contributed by atoms with van der Waals surface area (Å²) in [5.41, 5.74) is 3.57. The first-order valence-electron chi connectivity index (χ1n) is 14.7. The highest BCUT2D eigenvalue weighted by molar-refractivity contribution is 5.92. The van der Waals surface area contributed by atoms with Gasteiger partial charge in [0, 0.05) is 56.1 Å². The smallest absolute Gasteiger partial charge is 0.385 e. The van der Waals surface area contributed by atoms with Gasteiger partial charge in [-0.25, -0.2) is 4.79 Å². The van der Waals surface area contributed by atoms with Crippen LogP contribution in [0.2, 0.25) is 0 Å². The van der Waals surface area contributed by atoms with Crippen molar-refractivity contribution < 1.29 is 27.5 Å². The second-order valence-electron chi connectivity index (χ2n) is 11.1. The lowest BCUT2D eigenvalue weighted by Gasteiger charge is -2.28. The number of aromatic nitrogens is 1. The number of urea groups is 1. The molecule has 0 aliphatic carbocycles. The molecule has 0 fully saturated rings. The van der Waals surface area contributed by atoms with Gasteiger partial charge in [-0.15, -0.1) is 0 Å². The van der Waals surface area contributed by atoms with Crippen LogP contribution < -0.4 is 5.32 Å². The lowest BCUT2D eigenvalue weighted by Crippen LogP contribution is -2.45. The highest BCUT2D eigenvalue weighted by Crippen LogP contribution is 2.29. The average Bonchev–Trinajstić information content (AvgIpc) is 3.41. The van der Waals surface area contributed by atoms with Crippen LogP contribution in [-0.4, -0.2) is 60.1 Å². The zero-order valence-electron chi connectivity index (χ0n) is 25.3. The molecule has 3 aromatic carbocycles. The molecule has 234 valence electrons. The van der Waals surface area contributed by atoms with Gasteiger partial charge in [0.15, 0.2) is 0 Å². The van der Waals surface area contributed by atoms with E-state index in [1.165, 1.54) is 17.0 Å². The molecular weight excluding hydrogens is 569 g/mol. The third-order valence-corrected chi connectivity index (χ3v) is 7.55. The molecule has 0 aliphatic heterocycles. The molecule has 0 saturated heterocycles. The number of nitrogens with zero attached hydrogens (tertiary/aromatic N) is 2. The van der Waals surface area contributed by atoms with E-state index >= 15 is 0 Å². The maximum atomic E-state index is 13.8. The van der Waals surface area contributed by atoms with Crippen molar-refractivity contribution in [2.45, 2.75) is 45.3 Å². The Labute approximate surface area is 256 Å². The molecule has 1 heterocycles. The molecule has 7 nitrogen and oxygen atoms in total. The molecule has 0 spiro atoms. The summed E-state index contributed by atoms with van der Waals surface area (Å²) in [6, 6.07) is 19.8. The number of hydrogen-bond donors (Lipinski definition) is 2. The number of para-hydroxylation sites is 1. The van der Waals surface area contributed by atoms with Crippen molar-refractivity contribution >= 4 is 28.5 Å². The topological polar surface area (TPSA) is 77.7 Å². The fraction of sp³-hybridized carbons (Fsp3) is 0.353. The van der Waals surface area contributed by atoms with E-state index in [1.54, 1.807) is 12.0 Å². The number of anilines is 1. The molecule has 44 heavy (non-hydrogen) atoms. The molecule has 0 aliphatic rings. The Morgan fingerprint density at radius 1 is 0.932 bits per heavy atom. The number of methoxy groups -OCH3 is 1. The van der Waals surface area contributed by atoms with Gasteiger partial charge in [0.2, 0.25) is 5.91 Å². The van der Waals surface area contributed by atoms with Gasteiger partial charge in [-0.05, 0) is 65.8 Å². The minimum atomic E-state index is -4.45. The Morgan fingerprint density at radius 2 is 1.64 bits per heavy atom. The minimum Gasteiger partial charge on any atom is -0.385 e. The number of amides is 3. The number of benzene rings is 3. The van der Waals surface area contributed by atoms with E-state index in [0.29, 0.717) is 43.2 Å². The Morgan fingerprint density at radius 3 is 2.30 bits per heavy atom. The summed E-state index contributed by atoms with van der Waals surface area (Å²) in [4.78, 5) is 33.4.